The fraction of sp³-hybridized carbons (Fsp3) is 0.500. The molecule has 0 aliphatic carbocycles. The number of non-ortho nitro benzene ring substituents is 1. The molecule has 1 N–H and O–H groups in total. The molecule has 0 aliphatic rings. The van der Waals surface area contributed by atoms with Crippen molar-refractivity contribution in [3.63, 3.8) is 0 Å². The molecule has 6 heteroatoms. The van der Waals surface area contributed by atoms with E-state index in [1.165, 1.54) is 12.1 Å². The van der Waals surface area contributed by atoms with Gasteiger partial charge in [-0.2, -0.15) is 5.26 Å². The fourth-order valence-corrected chi connectivity index (χ4v) is 2.70. The molecule has 1 rings (SSSR count). The Bertz CT molecular complexity index is 484. The van der Waals surface area contributed by atoms with E-state index >= 15 is 0 Å². The number of hydrogen-bond acceptors (Lipinski definition) is 5. The maximum atomic E-state index is 10.6. The summed E-state index contributed by atoms with van der Waals surface area (Å²) in [6.45, 7) is 4.79. The lowest BCUT2D eigenvalue weighted by Crippen LogP contribution is -2.41. The highest BCUT2D eigenvalue weighted by atomic mass is 32.2. The van der Waals surface area contributed by atoms with Crippen molar-refractivity contribution in [2.45, 2.75) is 37.1 Å². The molecule has 0 bridgehead atoms. The Labute approximate surface area is 123 Å². The molecule has 0 saturated heterocycles. The number of hydrogen-bond donors (Lipinski definition) is 1. The number of benzene rings is 1. The van der Waals surface area contributed by atoms with E-state index in [2.05, 4.69) is 18.3 Å². The monoisotopic (exact) mass is 293 g/mol. The molecule has 1 aromatic rings. The Morgan fingerprint density at radius 3 is 2.60 bits per heavy atom. The number of nitrogens with zero attached hydrogens (tertiary/aromatic N) is 2. The second-order valence-corrected chi connectivity index (χ2v) is 5.89. The van der Waals surface area contributed by atoms with Crippen LogP contribution in [0.4, 0.5) is 5.69 Å². The first-order chi connectivity index (χ1) is 9.50. The topological polar surface area (TPSA) is 79.0 Å². The second kappa shape index (κ2) is 7.88. The quantitative estimate of drug-likeness (QED) is 0.451. The normalized spacial score (nSPS) is 13.4. The molecule has 108 valence electrons. The van der Waals surface area contributed by atoms with E-state index in [4.69, 9.17) is 0 Å². The summed E-state index contributed by atoms with van der Waals surface area (Å²) in [5.74, 6) is 0.790. The van der Waals surface area contributed by atoms with Crippen LogP contribution in [0.2, 0.25) is 0 Å². The molecular weight excluding hydrogens is 274 g/mol. The molecule has 0 amide bonds. The molecule has 20 heavy (non-hydrogen) atoms. The predicted molar refractivity (Wildman–Crippen MR) is 80.7 cm³/mol. The molecule has 1 unspecified atom stereocenters. The molecule has 0 heterocycles. The summed E-state index contributed by atoms with van der Waals surface area (Å²) in [5.41, 5.74) is -0.412. The first kappa shape index (κ1) is 16.5. The maximum absolute atomic E-state index is 10.6. The molecule has 0 spiro atoms. The second-order valence-electron chi connectivity index (χ2n) is 4.72. The highest BCUT2D eigenvalue weighted by Crippen LogP contribution is 2.24. The summed E-state index contributed by atoms with van der Waals surface area (Å²) in [4.78, 5) is 11.1. The summed E-state index contributed by atoms with van der Waals surface area (Å²) in [7, 11) is 0. The van der Waals surface area contributed by atoms with E-state index in [0.29, 0.717) is 0 Å². The zero-order valence-electron chi connectivity index (χ0n) is 11.8. The molecule has 0 fully saturated rings. The highest BCUT2D eigenvalue weighted by Gasteiger charge is 2.21. The van der Waals surface area contributed by atoms with Gasteiger partial charge in [-0.3, -0.25) is 15.4 Å². The van der Waals surface area contributed by atoms with Crippen molar-refractivity contribution in [1.29, 1.82) is 5.26 Å². The van der Waals surface area contributed by atoms with Crippen molar-refractivity contribution in [1.82, 2.24) is 5.32 Å². The van der Waals surface area contributed by atoms with Gasteiger partial charge in [-0.05, 0) is 38.4 Å². The average Bonchev–Trinajstić information content (AvgIpc) is 2.45. The third-order valence-electron chi connectivity index (χ3n) is 2.93. The van der Waals surface area contributed by atoms with E-state index in [1.807, 2.05) is 6.92 Å². The van der Waals surface area contributed by atoms with Crippen LogP contribution >= 0.6 is 11.8 Å². The number of nitriles is 1. The van der Waals surface area contributed by atoms with E-state index in [1.54, 1.807) is 23.9 Å². The first-order valence-electron chi connectivity index (χ1n) is 6.54. The standard InChI is InChI=1S/C14H19N3O2S/c1-3-9-16-14(2,11-15)8-10-20-13-6-4-12(5-7-13)17(18)19/h4-7,16H,3,8-10H2,1-2H3. The van der Waals surface area contributed by atoms with Crippen LogP contribution in [-0.4, -0.2) is 22.8 Å². The molecule has 0 radical (unpaired) electrons. The summed E-state index contributed by atoms with van der Waals surface area (Å²) >= 11 is 1.60. The van der Waals surface area contributed by atoms with Crippen molar-refractivity contribution >= 4 is 17.4 Å². The Hall–Kier alpha value is -1.58. The van der Waals surface area contributed by atoms with Crippen molar-refractivity contribution in [2.24, 2.45) is 0 Å². The van der Waals surface area contributed by atoms with Gasteiger partial charge >= 0.3 is 0 Å². The van der Waals surface area contributed by atoms with Crippen LogP contribution in [0.25, 0.3) is 0 Å². The van der Waals surface area contributed by atoms with Crippen LogP contribution in [-0.2, 0) is 0 Å². The minimum absolute atomic E-state index is 0.0980. The van der Waals surface area contributed by atoms with E-state index in [0.717, 1.165) is 30.0 Å². The Balaban J connectivity index is 2.47. The van der Waals surface area contributed by atoms with Crippen LogP contribution in [0.5, 0.6) is 0 Å². The van der Waals surface area contributed by atoms with Gasteiger partial charge in [-0.1, -0.05) is 6.92 Å². The third-order valence-corrected chi connectivity index (χ3v) is 3.94. The van der Waals surface area contributed by atoms with Gasteiger partial charge in [0.25, 0.3) is 5.69 Å². The van der Waals surface area contributed by atoms with Gasteiger partial charge in [0.15, 0.2) is 0 Å². The van der Waals surface area contributed by atoms with Gasteiger partial charge in [-0.25, -0.2) is 0 Å². The van der Waals surface area contributed by atoms with Crippen LogP contribution in [0, 0.1) is 21.4 Å². The molecular formula is C14H19N3O2S. The average molecular weight is 293 g/mol. The number of thioether (sulfide) groups is 1. The van der Waals surface area contributed by atoms with Gasteiger partial charge in [0, 0.05) is 22.8 Å². The first-order valence-corrected chi connectivity index (χ1v) is 7.53. The van der Waals surface area contributed by atoms with Gasteiger partial charge in [0.05, 0.1) is 11.0 Å². The Morgan fingerprint density at radius 2 is 2.10 bits per heavy atom. The summed E-state index contributed by atoms with van der Waals surface area (Å²) < 4.78 is 0. The van der Waals surface area contributed by atoms with Gasteiger partial charge in [-0.15, -0.1) is 11.8 Å². The third kappa shape index (κ3) is 5.19. The summed E-state index contributed by atoms with van der Waals surface area (Å²) in [6, 6.07) is 8.80. The van der Waals surface area contributed by atoms with Crippen molar-refractivity contribution in [2.75, 3.05) is 12.3 Å². The minimum Gasteiger partial charge on any atom is -0.300 e. The molecule has 1 atom stereocenters. The van der Waals surface area contributed by atoms with Gasteiger partial charge < -0.3 is 0 Å². The maximum Gasteiger partial charge on any atom is 0.269 e. The van der Waals surface area contributed by atoms with E-state index in [-0.39, 0.29) is 5.69 Å². The molecule has 0 saturated carbocycles. The number of nitrogens with one attached hydrogen (secondary N) is 1. The Morgan fingerprint density at radius 1 is 1.45 bits per heavy atom. The number of nitro benzene ring substituents is 1. The molecule has 5 nitrogen and oxygen atoms in total. The summed E-state index contributed by atoms with van der Waals surface area (Å²) in [5, 5.41) is 23.0. The predicted octanol–water partition coefficient (Wildman–Crippen LogP) is 3.36. The minimum atomic E-state index is -0.510. The van der Waals surface area contributed by atoms with Gasteiger partial charge in [0.1, 0.15) is 5.54 Å². The lowest BCUT2D eigenvalue weighted by atomic mass is 10.0. The molecule has 1 aromatic carbocycles. The lowest BCUT2D eigenvalue weighted by Gasteiger charge is -2.22. The smallest absolute Gasteiger partial charge is 0.269 e. The Kier molecular flexibility index (Phi) is 6.49. The highest BCUT2D eigenvalue weighted by molar-refractivity contribution is 7.99. The number of rotatable bonds is 8. The van der Waals surface area contributed by atoms with Crippen LogP contribution < -0.4 is 5.32 Å². The zero-order valence-corrected chi connectivity index (χ0v) is 12.6. The number of nitro groups is 1. The van der Waals surface area contributed by atoms with Gasteiger partial charge in [0.2, 0.25) is 0 Å². The summed E-state index contributed by atoms with van der Waals surface area (Å²) in [6.07, 6.45) is 1.72. The molecule has 0 aliphatic heterocycles. The van der Waals surface area contributed by atoms with Crippen LogP contribution in [0.15, 0.2) is 29.2 Å². The van der Waals surface area contributed by atoms with Crippen LogP contribution in [0.3, 0.4) is 0 Å². The van der Waals surface area contributed by atoms with Crippen molar-refractivity contribution in [3.05, 3.63) is 34.4 Å². The largest absolute Gasteiger partial charge is 0.300 e. The van der Waals surface area contributed by atoms with E-state index < -0.39 is 10.5 Å². The molecule has 0 aromatic heterocycles. The fourth-order valence-electron chi connectivity index (χ4n) is 1.62. The SMILES string of the molecule is CCCNC(C)(C#N)CCSc1ccc([N+](=O)[O-])cc1. The van der Waals surface area contributed by atoms with E-state index in [9.17, 15) is 15.4 Å². The van der Waals surface area contributed by atoms with Crippen molar-refractivity contribution < 1.29 is 4.92 Å². The zero-order chi connectivity index (χ0) is 15.0. The van der Waals surface area contributed by atoms with Crippen LogP contribution in [0.1, 0.15) is 26.7 Å². The van der Waals surface area contributed by atoms with Crippen molar-refractivity contribution in [3.8, 4) is 6.07 Å². The lowest BCUT2D eigenvalue weighted by molar-refractivity contribution is -0.384.